The summed E-state index contributed by atoms with van der Waals surface area (Å²) < 4.78 is 2.05. The smallest absolute Gasteiger partial charge is 0.243 e. The quantitative estimate of drug-likeness (QED) is 0.574. The van der Waals surface area contributed by atoms with Crippen molar-refractivity contribution < 1.29 is 9.59 Å². The Morgan fingerprint density at radius 3 is 2.24 bits per heavy atom. The molecule has 2 saturated carbocycles. The fraction of sp³-hybridized carbons (Fsp3) is 0.667. The summed E-state index contributed by atoms with van der Waals surface area (Å²) >= 11 is 0. The molecule has 1 aromatic carbocycles. The van der Waals surface area contributed by atoms with Crippen LogP contribution < -0.4 is 5.32 Å². The topological polar surface area (TPSA) is 67.2 Å². The minimum absolute atomic E-state index is 0.0287. The third-order valence-electron chi connectivity index (χ3n) is 7.44. The van der Waals surface area contributed by atoms with Crippen LogP contribution in [-0.2, 0) is 16.1 Å². The highest BCUT2D eigenvalue weighted by Gasteiger charge is 2.33. The van der Waals surface area contributed by atoms with Gasteiger partial charge in [-0.25, -0.2) is 4.98 Å². The van der Waals surface area contributed by atoms with Crippen molar-refractivity contribution in [2.75, 3.05) is 0 Å². The van der Waals surface area contributed by atoms with Crippen molar-refractivity contribution in [3.8, 4) is 0 Å². The molecule has 6 nitrogen and oxygen atoms in total. The molecular formula is C27H40N4O2. The second-order valence-corrected chi connectivity index (χ2v) is 9.97. The number of nitrogens with zero attached hydrogens (tertiary/aromatic N) is 3. The number of benzene rings is 1. The van der Waals surface area contributed by atoms with Gasteiger partial charge in [-0.1, -0.05) is 57.6 Å². The van der Waals surface area contributed by atoms with Gasteiger partial charge in [0.05, 0.1) is 17.1 Å². The summed E-state index contributed by atoms with van der Waals surface area (Å²) in [5.41, 5.74) is 1.84. The van der Waals surface area contributed by atoms with E-state index in [0.717, 1.165) is 49.0 Å². The molecule has 33 heavy (non-hydrogen) atoms. The van der Waals surface area contributed by atoms with Crippen molar-refractivity contribution >= 4 is 22.8 Å². The van der Waals surface area contributed by atoms with Gasteiger partial charge in [0, 0.05) is 18.5 Å². The summed E-state index contributed by atoms with van der Waals surface area (Å²) in [6.07, 6.45) is 13.3. The minimum atomic E-state index is -0.248. The van der Waals surface area contributed by atoms with E-state index in [9.17, 15) is 9.59 Å². The molecule has 6 heteroatoms. The Morgan fingerprint density at radius 2 is 1.64 bits per heavy atom. The van der Waals surface area contributed by atoms with Gasteiger partial charge in [0.2, 0.25) is 11.8 Å². The van der Waals surface area contributed by atoms with Crippen molar-refractivity contribution in [3.05, 3.63) is 30.1 Å². The summed E-state index contributed by atoms with van der Waals surface area (Å²) in [5, 5.41) is 3.08. The zero-order chi connectivity index (χ0) is 23.2. The Hall–Kier alpha value is -2.37. The van der Waals surface area contributed by atoms with E-state index in [-0.39, 0.29) is 24.4 Å². The molecule has 4 rings (SSSR count). The number of aromatic nitrogens is 2. The molecule has 2 aliphatic carbocycles. The van der Waals surface area contributed by atoms with Crippen LogP contribution in [0.1, 0.15) is 103 Å². The van der Waals surface area contributed by atoms with Crippen molar-refractivity contribution in [1.82, 2.24) is 19.8 Å². The normalized spacial score (nSPS) is 18.8. The van der Waals surface area contributed by atoms with Crippen LogP contribution in [-0.4, -0.2) is 38.3 Å². The molecule has 1 N–H and O–H groups in total. The van der Waals surface area contributed by atoms with Gasteiger partial charge in [0.15, 0.2) is 0 Å². The summed E-state index contributed by atoms with van der Waals surface area (Å²) in [6.45, 7) is 4.26. The van der Waals surface area contributed by atoms with E-state index in [1.165, 1.54) is 38.5 Å². The van der Waals surface area contributed by atoms with E-state index in [1.54, 1.807) is 0 Å². The maximum atomic E-state index is 13.9. The number of carbonyl (C=O) groups is 2. The maximum Gasteiger partial charge on any atom is 0.243 e. The van der Waals surface area contributed by atoms with Gasteiger partial charge in [0.1, 0.15) is 12.4 Å². The number of carbonyl (C=O) groups excluding carboxylic acids is 2. The largest absolute Gasteiger partial charge is 0.346 e. The summed E-state index contributed by atoms with van der Waals surface area (Å²) in [4.78, 5) is 33.3. The van der Waals surface area contributed by atoms with E-state index in [4.69, 9.17) is 4.98 Å². The average molecular weight is 453 g/mol. The monoisotopic (exact) mass is 452 g/mol. The first-order valence-corrected chi connectivity index (χ1v) is 13.1. The number of hydrogen-bond acceptors (Lipinski definition) is 3. The SMILES string of the molecule is CCCC(=O)NC(C)c1nc2ccccc2n1CC(=O)N(C1CCCCC1)C1CCCCC1. The molecule has 0 bridgehead atoms. The number of imidazole rings is 1. The van der Waals surface area contributed by atoms with Crippen molar-refractivity contribution in [3.63, 3.8) is 0 Å². The lowest BCUT2D eigenvalue weighted by molar-refractivity contribution is -0.138. The standard InChI is InChI=1S/C27H40N4O2/c1-3-12-25(32)28-20(2)27-29-23-17-10-11-18-24(23)30(27)19-26(33)31(21-13-6-4-7-14-21)22-15-8-5-9-16-22/h10-11,17-18,20-22H,3-9,12-16,19H2,1-2H3,(H,28,32). The van der Waals surface area contributed by atoms with Crippen LogP contribution in [0.25, 0.3) is 11.0 Å². The molecule has 1 atom stereocenters. The molecule has 2 fully saturated rings. The van der Waals surface area contributed by atoms with Gasteiger partial charge >= 0.3 is 0 Å². The summed E-state index contributed by atoms with van der Waals surface area (Å²) in [6, 6.07) is 8.48. The molecule has 180 valence electrons. The highest BCUT2D eigenvalue weighted by atomic mass is 16.2. The van der Waals surface area contributed by atoms with E-state index in [2.05, 4.69) is 10.2 Å². The van der Waals surface area contributed by atoms with Crippen molar-refractivity contribution in [2.45, 2.75) is 116 Å². The predicted molar refractivity (Wildman–Crippen MR) is 132 cm³/mol. The van der Waals surface area contributed by atoms with Crippen molar-refractivity contribution in [1.29, 1.82) is 0 Å². The van der Waals surface area contributed by atoms with Gasteiger partial charge in [-0.05, 0) is 51.2 Å². The molecule has 2 amide bonds. The summed E-state index contributed by atoms with van der Waals surface area (Å²) in [7, 11) is 0. The number of para-hydroxylation sites is 2. The number of rotatable bonds is 8. The lowest BCUT2D eigenvalue weighted by Crippen LogP contribution is -2.50. The Kier molecular flexibility index (Phi) is 8.05. The fourth-order valence-electron chi connectivity index (χ4n) is 5.84. The van der Waals surface area contributed by atoms with Gasteiger partial charge in [-0.3, -0.25) is 9.59 Å². The van der Waals surface area contributed by atoms with Crippen molar-refractivity contribution in [2.24, 2.45) is 0 Å². The number of fused-ring (bicyclic) bond motifs is 1. The molecule has 1 aromatic heterocycles. The van der Waals surface area contributed by atoms with Gasteiger partial charge in [-0.2, -0.15) is 0 Å². The molecule has 2 aromatic rings. The van der Waals surface area contributed by atoms with E-state index >= 15 is 0 Å². The molecule has 0 saturated heterocycles. The molecule has 0 aliphatic heterocycles. The average Bonchev–Trinajstić information content (AvgIpc) is 3.19. The molecular weight excluding hydrogens is 412 g/mol. The second-order valence-electron chi connectivity index (χ2n) is 9.97. The van der Waals surface area contributed by atoms with Crippen LogP contribution >= 0.6 is 0 Å². The lowest BCUT2D eigenvalue weighted by Gasteiger charge is -2.42. The van der Waals surface area contributed by atoms with Crippen LogP contribution in [0.5, 0.6) is 0 Å². The lowest BCUT2D eigenvalue weighted by atomic mass is 9.88. The Morgan fingerprint density at radius 1 is 1.03 bits per heavy atom. The van der Waals surface area contributed by atoms with Gasteiger partial charge < -0.3 is 14.8 Å². The minimum Gasteiger partial charge on any atom is -0.346 e. The van der Waals surface area contributed by atoms with E-state index in [0.29, 0.717) is 18.5 Å². The number of hydrogen-bond donors (Lipinski definition) is 1. The highest BCUT2D eigenvalue weighted by Crippen LogP contribution is 2.31. The molecule has 1 heterocycles. The fourth-order valence-corrected chi connectivity index (χ4v) is 5.84. The van der Waals surface area contributed by atoms with Crippen LogP contribution in [0.15, 0.2) is 24.3 Å². The molecule has 0 spiro atoms. The number of amides is 2. The van der Waals surface area contributed by atoms with Crippen LogP contribution in [0.2, 0.25) is 0 Å². The van der Waals surface area contributed by atoms with Gasteiger partial charge in [0.25, 0.3) is 0 Å². The van der Waals surface area contributed by atoms with Crippen LogP contribution in [0.4, 0.5) is 0 Å². The Balaban J connectivity index is 1.62. The zero-order valence-corrected chi connectivity index (χ0v) is 20.4. The summed E-state index contributed by atoms with van der Waals surface area (Å²) in [5.74, 6) is 1.01. The Bertz CT molecular complexity index is 923. The van der Waals surface area contributed by atoms with E-state index in [1.807, 2.05) is 42.7 Å². The first-order chi connectivity index (χ1) is 16.1. The van der Waals surface area contributed by atoms with E-state index < -0.39 is 0 Å². The third kappa shape index (κ3) is 5.59. The first kappa shape index (κ1) is 23.8. The first-order valence-electron chi connectivity index (χ1n) is 13.1. The molecule has 1 unspecified atom stereocenters. The molecule has 0 radical (unpaired) electrons. The molecule has 2 aliphatic rings. The maximum absolute atomic E-state index is 13.9. The third-order valence-corrected chi connectivity index (χ3v) is 7.44. The van der Waals surface area contributed by atoms with Crippen LogP contribution in [0.3, 0.4) is 0 Å². The van der Waals surface area contributed by atoms with Crippen LogP contribution in [0, 0.1) is 0 Å². The second kappa shape index (κ2) is 11.2. The highest BCUT2D eigenvalue weighted by molar-refractivity contribution is 5.82. The predicted octanol–water partition coefficient (Wildman–Crippen LogP) is 5.51. The number of nitrogens with one attached hydrogen (secondary N) is 1. The van der Waals surface area contributed by atoms with Gasteiger partial charge in [-0.15, -0.1) is 0 Å². The Labute approximate surface area is 198 Å². The zero-order valence-electron chi connectivity index (χ0n) is 20.4.